The predicted octanol–water partition coefficient (Wildman–Crippen LogP) is 4.61. The van der Waals surface area contributed by atoms with Gasteiger partial charge in [-0.2, -0.15) is 0 Å². The van der Waals surface area contributed by atoms with Crippen LogP contribution < -0.4 is 10.1 Å². The van der Waals surface area contributed by atoms with Crippen molar-refractivity contribution in [2.24, 2.45) is 5.92 Å². The van der Waals surface area contributed by atoms with Crippen LogP contribution in [0.3, 0.4) is 0 Å². The van der Waals surface area contributed by atoms with Crippen LogP contribution in [0.1, 0.15) is 46.8 Å². The van der Waals surface area contributed by atoms with Crippen LogP contribution in [0, 0.1) is 5.92 Å². The lowest BCUT2D eigenvalue weighted by molar-refractivity contribution is 0.0697. The van der Waals surface area contributed by atoms with Gasteiger partial charge in [-0.1, -0.05) is 24.3 Å². The van der Waals surface area contributed by atoms with Crippen molar-refractivity contribution in [3.63, 3.8) is 0 Å². The van der Waals surface area contributed by atoms with E-state index in [0.717, 1.165) is 23.4 Å². The molecule has 25 heavy (non-hydrogen) atoms. The van der Waals surface area contributed by atoms with E-state index in [-0.39, 0.29) is 6.04 Å². The van der Waals surface area contributed by atoms with Crippen LogP contribution in [-0.2, 0) is 0 Å². The quantitative estimate of drug-likeness (QED) is 0.801. The molecule has 2 N–H and O–H groups in total. The molecule has 3 atom stereocenters. The number of nitrogens with one attached hydrogen (secondary N) is 1. The van der Waals surface area contributed by atoms with Gasteiger partial charge in [0.2, 0.25) is 0 Å². The summed E-state index contributed by atoms with van der Waals surface area (Å²) in [5, 5.41) is 12.8. The number of rotatable bonds is 4. The molecule has 2 aliphatic rings. The average molecular weight is 335 g/mol. The van der Waals surface area contributed by atoms with E-state index in [9.17, 15) is 4.79 Å². The van der Waals surface area contributed by atoms with Crippen molar-refractivity contribution < 1.29 is 14.6 Å². The molecule has 4 rings (SSSR count). The van der Waals surface area contributed by atoms with E-state index < -0.39 is 5.97 Å². The Balaban J connectivity index is 1.69. The highest BCUT2D eigenvalue weighted by Crippen LogP contribution is 2.50. The highest BCUT2D eigenvalue weighted by Gasteiger charge is 2.38. The average Bonchev–Trinajstić information content (AvgIpc) is 3.11. The molecular weight excluding hydrogens is 314 g/mol. The second kappa shape index (κ2) is 6.28. The van der Waals surface area contributed by atoms with Crippen LogP contribution in [0.15, 0.2) is 54.6 Å². The van der Waals surface area contributed by atoms with Crippen molar-refractivity contribution >= 4 is 11.7 Å². The van der Waals surface area contributed by atoms with Gasteiger partial charge in [0, 0.05) is 11.6 Å². The summed E-state index contributed by atoms with van der Waals surface area (Å²) in [6, 6.07) is 13.6. The second-order valence-corrected chi connectivity index (χ2v) is 6.58. The SMILES string of the molecule is CCOc1ccc2c(c1)C1C=CCC1[C@@H](c1ccc(C(=O)O)cc1)N2. The first-order valence-corrected chi connectivity index (χ1v) is 8.70. The Kier molecular flexibility index (Phi) is 3.96. The number of anilines is 1. The molecule has 0 saturated carbocycles. The van der Waals surface area contributed by atoms with Gasteiger partial charge in [0.1, 0.15) is 5.75 Å². The zero-order chi connectivity index (χ0) is 17.4. The lowest BCUT2D eigenvalue weighted by Gasteiger charge is -2.37. The number of hydrogen-bond donors (Lipinski definition) is 2. The molecule has 0 bridgehead atoms. The Morgan fingerprint density at radius 2 is 2.04 bits per heavy atom. The van der Waals surface area contributed by atoms with Crippen LogP contribution in [0.4, 0.5) is 5.69 Å². The number of carboxylic acid groups (broad SMARTS) is 1. The minimum Gasteiger partial charge on any atom is -0.494 e. The van der Waals surface area contributed by atoms with E-state index in [4.69, 9.17) is 9.84 Å². The Hall–Kier alpha value is -2.75. The Bertz CT molecular complexity index is 826. The van der Waals surface area contributed by atoms with Crippen molar-refractivity contribution in [1.29, 1.82) is 0 Å². The molecule has 4 nitrogen and oxygen atoms in total. The zero-order valence-electron chi connectivity index (χ0n) is 14.1. The number of carbonyl (C=O) groups is 1. The fraction of sp³-hybridized carbons (Fsp3) is 0.286. The van der Waals surface area contributed by atoms with E-state index >= 15 is 0 Å². The molecular formula is C21H21NO3. The summed E-state index contributed by atoms with van der Waals surface area (Å²) in [7, 11) is 0. The fourth-order valence-electron chi connectivity index (χ4n) is 3.99. The second-order valence-electron chi connectivity index (χ2n) is 6.58. The predicted molar refractivity (Wildman–Crippen MR) is 97.4 cm³/mol. The third kappa shape index (κ3) is 2.78. The lowest BCUT2D eigenvalue weighted by Crippen LogP contribution is -2.29. The number of hydrogen-bond acceptors (Lipinski definition) is 3. The van der Waals surface area contributed by atoms with E-state index in [1.165, 1.54) is 5.56 Å². The number of allylic oxidation sites excluding steroid dienone is 2. The third-order valence-electron chi connectivity index (χ3n) is 5.16. The number of fused-ring (bicyclic) bond motifs is 3. The number of carboxylic acids is 1. The summed E-state index contributed by atoms with van der Waals surface area (Å²) in [6.45, 7) is 2.65. The third-order valence-corrected chi connectivity index (χ3v) is 5.16. The standard InChI is InChI=1S/C21H21NO3/c1-2-25-15-10-11-19-18(12-15)16-4-3-5-17(16)20(22-19)13-6-8-14(9-7-13)21(23)24/h3-4,6-12,16-17,20,22H,2,5H2,1H3,(H,23,24)/t16?,17?,20-/m1/s1. The van der Waals surface area contributed by atoms with E-state index in [1.54, 1.807) is 12.1 Å². The van der Waals surface area contributed by atoms with Crippen molar-refractivity contribution in [3.8, 4) is 5.75 Å². The van der Waals surface area contributed by atoms with E-state index in [1.807, 2.05) is 25.1 Å². The van der Waals surface area contributed by atoms with Crippen LogP contribution in [0.25, 0.3) is 0 Å². The summed E-state index contributed by atoms with van der Waals surface area (Å²) in [4.78, 5) is 11.1. The molecule has 2 unspecified atom stereocenters. The summed E-state index contributed by atoms with van der Waals surface area (Å²) >= 11 is 0. The fourth-order valence-corrected chi connectivity index (χ4v) is 3.99. The van der Waals surface area contributed by atoms with Crippen LogP contribution in [-0.4, -0.2) is 17.7 Å². The minimum absolute atomic E-state index is 0.174. The largest absolute Gasteiger partial charge is 0.494 e. The van der Waals surface area contributed by atoms with E-state index in [0.29, 0.717) is 24.0 Å². The minimum atomic E-state index is -0.891. The molecule has 0 amide bonds. The molecule has 1 heterocycles. The van der Waals surface area contributed by atoms with Gasteiger partial charge < -0.3 is 15.2 Å². The lowest BCUT2D eigenvalue weighted by atomic mass is 9.77. The highest BCUT2D eigenvalue weighted by molar-refractivity contribution is 5.87. The van der Waals surface area contributed by atoms with Crippen LogP contribution in [0.2, 0.25) is 0 Å². The van der Waals surface area contributed by atoms with Gasteiger partial charge in [-0.3, -0.25) is 0 Å². The highest BCUT2D eigenvalue weighted by atomic mass is 16.5. The molecule has 128 valence electrons. The molecule has 1 aliphatic carbocycles. The normalized spacial score (nSPS) is 23.5. The molecule has 2 aromatic carbocycles. The maximum atomic E-state index is 11.1. The molecule has 0 aromatic heterocycles. The van der Waals surface area contributed by atoms with E-state index in [2.05, 4.69) is 29.6 Å². The first-order chi connectivity index (χ1) is 12.2. The smallest absolute Gasteiger partial charge is 0.335 e. The summed E-state index contributed by atoms with van der Waals surface area (Å²) in [5.74, 6) is 0.810. The zero-order valence-corrected chi connectivity index (χ0v) is 14.1. The molecule has 1 aliphatic heterocycles. The number of benzene rings is 2. The number of aromatic carboxylic acids is 1. The maximum Gasteiger partial charge on any atom is 0.335 e. The van der Waals surface area contributed by atoms with Gasteiger partial charge in [-0.25, -0.2) is 4.79 Å². The summed E-state index contributed by atoms with van der Waals surface area (Å²) in [6.07, 6.45) is 5.55. The summed E-state index contributed by atoms with van der Waals surface area (Å²) in [5.41, 5.74) is 3.86. The molecule has 4 heteroatoms. The van der Waals surface area contributed by atoms with Gasteiger partial charge in [-0.05, 0) is 60.7 Å². The monoisotopic (exact) mass is 335 g/mol. The number of ether oxygens (including phenoxy) is 1. The maximum absolute atomic E-state index is 11.1. The molecule has 0 saturated heterocycles. The first-order valence-electron chi connectivity index (χ1n) is 8.70. The van der Waals surface area contributed by atoms with Crippen molar-refractivity contribution in [3.05, 3.63) is 71.3 Å². The van der Waals surface area contributed by atoms with Gasteiger partial charge >= 0.3 is 5.97 Å². The topological polar surface area (TPSA) is 58.6 Å². The van der Waals surface area contributed by atoms with Crippen LogP contribution >= 0.6 is 0 Å². The summed E-state index contributed by atoms with van der Waals surface area (Å²) < 4.78 is 5.66. The van der Waals surface area contributed by atoms with Gasteiger partial charge in [-0.15, -0.1) is 0 Å². The Labute approximate surface area is 147 Å². The van der Waals surface area contributed by atoms with Crippen molar-refractivity contribution in [1.82, 2.24) is 0 Å². The van der Waals surface area contributed by atoms with Crippen molar-refractivity contribution in [2.45, 2.75) is 25.3 Å². The van der Waals surface area contributed by atoms with Gasteiger partial charge in [0.15, 0.2) is 0 Å². The molecule has 0 spiro atoms. The Morgan fingerprint density at radius 3 is 2.76 bits per heavy atom. The molecule has 0 fully saturated rings. The molecule has 2 aromatic rings. The van der Waals surface area contributed by atoms with Gasteiger partial charge in [0.25, 0.3) is 0 Å². The van der Waals surface area contributed by atoms with Gasteiger partial charge in [0.05, 0.1) is 18.2 Å². The Morgan fingerprint density at radius 1 is 1.24 bits per heavy atom. The van der Waals surface area contributed by atoms with Crippen LogP contribution in [0.5, 0.6) is 5.75 Å². The van der Waals surface area contributed by atoms with Crippen molar-refractivity contribution in [2.75, 3.05) is 11.9 Å². The molecule has 0 radical (unpaired) electrons. The first kappa shape index (κ1) is 15.8.